The summed E-state index contributed by atoms with van der Waals surface area (Å²) in [5.41, 5.74) is 2.01. The average Bonchev–Trinajstić information content (AvgIpc) is 3.26. The van der Waals surface area contributed by atoms with Crippen LogP contribution in [0.3, 0.4) is 0 Å². The lowest BCUT2D eigenvalue weighted by Gasteiger charge is -2.25. The van der Waals surface area contributed by atoms with Crippen molar-refractivity contribution >= 4 is 17.4 Å². The predicted molar refractivity (Wildman–Crippen MR) is 128 cm³/mol. The molecule has 0 bridgehead atoms. The lowest BCUT2D eigenvalue weighted by Crippen LogP contribution is -2.24. The van der Waals surface area contributed by atoms with Gasteiger partial charge >= 0.3 is 6.18 Å². The van der Waals surface area contributed by atoms with Gasteiger partial charge in [0.25, 0.3) is 0 Å². The highest BCUT2D eigenvalue weighted by atomic mass is 32.2. The van der Waals surface area contributed by atoms with Gasteiger partial charge in [0.2, 0.25) is 12.5 Å². The van der Waals surface area contributed by atoms with Gasteiger partial charge in [-0.25, -0.2) is 0 Å². The van der Waals surface area contributed by atoms with Crippen LogP contribution in [0.15, 0.2) is 59.5 Å². The molecular weight excluding hydrogens is 479 g/mol. The topological polar surface area (TPSA) is 40.2 Å². The zero-order valence-electron chi connectivity index (χ0n) is 19.2. The van der Waals surface area contributed by atoms with Gasteiger partial charge in [-0.1, -0.05) is 18.2 Å². The summed E-state index contributed by atoms with van der Waals surface area (Å²) in [5.74, 6) is 2.54. The van der Waals surface area contributed by atoms with Crippen LogP contribution in [-0.2, 0) is 12.7 Å². The molecular formula is C26H24F3NO4S. The van der Waals surface area contributed by atoms with E-state index in [1.165, 1.54) is 12.1 Å². The fourth-order valence-corrected chi connectivity index (χ4v) is 5.71. The van der Waals surface area contributed by atoms with Gasteiger partial charge in [-0.05, 0) is 53.9 Å². The molecule has 184 valence electrons. The molecule has 35 heavy (non-hydrogen) atoms. The normalized spacial score (nSPS) is 17.1. The van der Waals surface area contributed by atoms with E-state index >= 15 is 0 Å². The predicted octanol–water partition coefficient (Wildman–Crippen LogP) is 6.70. The first-order chi connectivity index (χ1) is 16.9. The maximum atomic E-state index is 13.4. The zero-order chi connectivity index (χ0) is 24.6. The van der Waals surface area contributed by atoms with Crippen LogP contribution in [0.25, 0.3) is 0 Å². The van der Waals surface area contributed by atoms with Gasteiger partial charge in [0.05, 0.1) is 25.5 Å². The second-order valence-corrected chi connectivity index (χ2v) is 9.55. The largest absolute Gasteiger partial charge is 0.497 e. The van der Waals surface area contributed by atoms with E-state index in [1.807, 2.05) is 30.3 Å². The third-order valence-corrected chi connectivity index (χ3v) is 7.49. The first-order valence-corrected chi connectivity index (χ1v) is 12.0. The number of benzene rings is 3. The Labute approximate surface area is 205 Å². The Morgan fingerprint density at radius 1 is 1.03 bits per heavy atom. The summed E-state index contributed by atoms with van der Waals surface area (Å²) in [7, 11) is 3.19. The Bertz CT molecular complexity index is 1230. The monoisotopic (exact) mass is 503 g/mol. The zero-order valence-corrected chi connectivity index (χ0v) is 20.0. The first kappa shape index (κ1) is 23.5. The molecule has 0 amide bonds. The van der Waals surface area contributed by atoms with Crippen molar-refractivity contribution < 1.29 is 32.1 Å². The number of hydrogen-bond donors (Lipinski definition) is 0. The van der Waals surface area contributed by atoms with Crippen LogP contribution in [0.4, 0.5) is 18.9 Å². The van der Waals surface area contributed by atoms with Gasteiger partial charge in [0.1, 0.15) is 5.75 Å². The molecule has 0 radical (unpaired) electrons. The molecule has 0 aromatic heterocycles. The summed E-state index contributed by atoms with van der Waals surface area (Å²) < 4.78 is 62.1. The van der Waals surface area contributed by atoms with Crippen molar-refractivity contribution in [3.8, 4) is 23.0 Å². The Kier molecular flexibility index (Phi) is 6.35. The molecule has 0 saturated carbocycles. The van der Waals surface area contributed by atoms with Gasteiger partial charge in [-0.2, -0.15) is 13.2 Å². The van der Waals surface area contributed by atoms with Crippen molar-refractivity contribution in [2.24, 2.45) is 0 Å². The SMILES string of the molecule is COc1ccc2c(c1)S[C@@H](c1cccc(C(F)(F)F)c1)CCN2Cc1cc(OC)c2c(c1)OCO2. The van der Waals surface area contributed by atoms with E-state index in [4.69, 9.17) is 18.9 Å². The summed E-state index contributed by atoms with van der Waals surface area (Å²) in [6, 6.07) is 15.3. The van der Waals surface area contributed by atoms with Crippen LogP contribution in [0.5, 0.6) is 23.0 Å². The van der Waals surface area contributed by atoms with Crippen molar-refractivity contribution in [3.05, 3.63) is 71.3 Å². The summed E-state index contributed by atoms with van der Waals surface area (Å²) in [6.07, 6.45) is -3.71. The van der Waals surface area contributed by atoms with Crippen LogP contribution in [0, 0.1) is 0 Å². The Morgan fingerprint density at radius 3 is 2.66 bits per heavy atom. The highest BCUT2D eigenvalue weighted by molar-refractivity contribution is 7.99. The number of thioether (sulfide) groups is 1. The standard InChI is InChI=1S/C26H24F3NO4S/c1-31-19-6-7-20-24(13-19)35-23(17-4-3-5-18(12-17)26(27,28)29)8-9-30(20)14-16-10-21(32-2)25-22(11-16)33-15-34-25/h3-7,10-13,23H,8-9,14-15H2,1-2H3/t23-/m1/s1. The van der Waals surface area contributed by atoms with Crippen molar-refractivity contribution in [3.63, 3.8) is 0 Å². The van der Waals surface area contributed by atoms with Crippen molar-refractivity contribution in [1.29, 1.82) is 0 Å². The number of rotatable bonds is 5. The molecule has 2 aliphatic rings. The lowest BCUT2D eigenvalue weighted by atomic mass is 10.0. The first-order valence-electron chi connectivity index (χ1n) is 11.1. The number of ether oxygens (including phenoxy) is 4. The Morgan fingerprint density at radius 2 is 1.89 bits per heavy atom. The lowest BCUT2D eigenvalue weighted by molar-refractivity contribution is -0.137. The number of halogens is 3. The summed E-state index contributed by atoms with van der Waals surface area (Å²) in [5, 5.41) is -0.139. The molecule has 0 N–H and O–H groups in total. The molecule has 5 nitrogen and oxygen atoms in total. The number of nitrogens with zero attached hydrogens (tertiary/aromatic N) is 1. The molecule has 3 aromatic rings. The molecule has 0 unspecified atom stereocenters. The number of anilines is 1. The van der Waals surface area contributed by atoms with Gasteiger partial charge in [0.15, 0.2) is 11.5 Å². The fourth-order valence-electron chi connectivity index (χ4n) is 4.39. The van der Waals surface area contributed by atoms with Crippen molar-refractivity contribution in [1.82, 2.24) is 0 Å². The number of fused-ring (bicyclic) bond motifs is 2. The molecule has 0 spiro atoms. The third-order valence-electron chi connectivity index (χ3n) is 6.12. The number of alkyl halides is 3. The minimum Gasteiger partial charge on any atom is -0.497 e. The highest BCUT2D eigenvalue weighted by Gasteiger charge is 2.32. The molecule has 2 heterocycles. The smallest absolute Gasteiger partial charge is 0.416 e. The van der Waals surface area contributed by atoms with E-state index in [-0.39, 0.29) is 12.0 Å². The van der Waals surface area contributed by atoms with E-state index in [1.54, 1.807) is 32.0 Å². The molecule has 0 fully saturated rings. The van der Waals surface area contributed by atoms with E-state index in [0.717, 1.165) is 22.2 Å². The molecule has 5 rings (SSSR count). The van der Waals surface area contributed by atoms with Crippen LogP contribution in [0.1, 0.15) is 28.4 Å². The van der Waals surface area contributed by atoms with Crippen molar-refractivity contribution in [2.75, 3.05) is 32.5 Å². The van der Waals surface area contributed by atoms with Crippen molar-refractivity contribution in [2.45, 2.75) is 29.3 Å². The quantitative estimate of drug-likeness (QED) is 0.386. The molecule has 0 aliphatic carbocycles. The minimum absolute atomic E-state index is 0.139. The van der Waals surface area contributed by atoms with Crippen LogP contribution in [-0.4, -0.2) is 27.6 Å². The van der Waals surface area contributed by atoms with E-state index in [0.29, 0.717) is 48.1 Å². The van der Waals surface area contributed by atoms with Gasteiger partial charge in [-0.3, -0.25) is 0 Å². The maximum absolute atomic E-state index is 13.4. The van der Waals surface area contributed by atoms with E-state index in [9.17, 15) is 13.2 Å². The van der Waals surface area contributed by atoms with E-state index < -0.39 is 11.7 Å². The Balaban J connectivity index is 1.48. The highest BCUT2D eigenvalue weighted by Crippen LogP contribution is 2.48. The van der Waals surface area contributed by atoms with E-state index in [2.05, 4.69) is 4.90 Å². The summed E-state index contributed by atoms with van der Waals surface area (Å²) >= 11 is 1.56. The van der Waals surface area contributed by atoms with Gasteiger partial charge in [0, 0.05) is 23.2 Å². The second-order valence-electron chi connectivity index (χ2n) is 8.31. The fraction of sp³-hybridized carbons (Fsp3) is 0.308. The van der Waals surface area contributed by atoms with Crippen LogP contribution >= 0.6 is 11.8 Å². The summed E-state index contributed by atoms with van der Waals surface area (Å²) in [4.78, 5) is 3.18. The molecule has 1 atom stereocenters. The Hall–Kier alpha value is -3.20. The minimum atomic E-state index is -4.38. The molecule has 2 aliphatic heterocycles. The number of methoxy groups -OCH3 is 2. The third kappa shape index (κ3) is 4.82. The summed E-state index contributed by atoms with van der Waals surface area (Å²) in [6.45, 7) is 1.38. The second kappa shape index (κ2) is 9.45. The average molecular weight is 504 g/mol. The molecule has 3 aromatic carbocycles. The number of hydrogen-bond acceptors (Lipinski definition) is 6. The maximum Gasteiger partial charge on any atom is 0.416 e. The van der Waals surface area contributed by atoms with Crippen LogP contribution < -0.4 is 23.8 Å². The molecule has 0 saturated heterocycles. The van der Waals surface area contributed by atoms with Gasteiger partial charge < -0.3 is 23.8 Å². The van der Waals surface area contributed by atoms with Crippen LogP contribution in [0.2, 0.25) is 0 Å². The van der Waals surface area contributed by atoms with Gasteiger partial charge in [-0.15, -0.1) is 11.8 Å². The molecule has 9 heteroatoms.